The van der Waals surface area contributed by atoms with Gasteiger partial charge in [0.05, 0.1) is 14.7 Å². The van der Waals surface area contributed by atoms with Crippen LogP contribution in [0.1, 0.15) is 15.8 Å². The zero-order valence-corrected chi connectivity index (χ0v) is 10.2. The molecular weight excluding hydrogens is 257 g/mol. The third kappa shape index (κ3) is 2.12. The zero-order chi connectivity index (χ0) is 10.1. The smallest absolute Gasteiger partial charge is 0.0931 e. The second-order valence-corrected chi connectivity index (χ2v) is 6.25. The normalized spacial score (nSPS) is 11.1. The van der Waals surface area contributed by atoms with E-state index in [2.05, 4.69) is 0 Å². The first kappa shape index (κ1) is 10.5. The van der Waals surface area contributed by atoms with Crippen molar-refractivity contribution in [3.8, 4) is 0 Å². The van der Waals surface area contributed by atoms with E-state index < -0.39 is 0 Å². The summed E-state index contributed by atoms with van der Waals surface area (Å²) in [5.74, 6) is 0. The molecule has 0 aromatic carbocycles. The van der Waals surface area contributed by atoms with Crippen molar-refractivity contribution < 1.29 is 0 Å². The van der Waals surface area contributed by atoms with Gasteiger partial charge in [0.2, 0.25) is 0 Å². The van der Waals surface area contributed by atoms with Crippen LogP contribution in [0.5, 0.6) is 0 Å². The second kappa shape index (κ2) is 4.21. The first-order chi connectivity index (χ1) is 6.66. The van der Waals surface area contributed by atoms with Gasteiger partial charge in [-0.25, -0.2) is 0 Å². The summed E-state index contributed by atoms with van der Waals surface area (Å²) in [6, 6.07) is 7.51. The predicted molar refractivity (Wildman–Crippen MR) is 64.7 cm³/mol. The fourth-order valence-corrected chi connectivity index (χ4v) is 3.37. The van der Waals surface area contributed by atoms with Crippen LogP contribution in [0, 0.1) is 0 Å². The highest BCUT2D eigenvalue weighted by atomic mass is 35.5. The van der Waals surface area contributed by atoms with Crippen molar-refractivity contribution >= 4 is 45.9 Å². The Hall–Kier alpha value is -0.0600. The fourth-order valence-electron chi connectivity index (χ4n) is 1.13. The first-order valence-corrected chi connectivity index (χ1v) is 6.32. The third-order valence-corrected chi connectivity index (χ3v) is 4.43. The Balaban J connectivity index is 2.28. The van der Waals surface area contributed by atoms with E-state index in [1.807, 2.05) is 24.3 Å². The molecule has 1 nitrogen and oxygen atoms in total. The molecule has 0 amide bonds. The van der Waals surface area contributed by atoms with Crippen molar-refractivity contribution in [3.05, 3.63) is 42.7 Å². The molecular formula is C9H7Cl2NS2. The van der Waals surface area contributed by atoms with Gasteiger partial charge in [0, 0.05) is 9.75 Å². The molecule has 0 saturated heterocycles. The number of rotatable bonds is 2. The van der Waals surface area contributed by atoms with Gasteiger partial charge in [0.25, 0.3) is 0 Å². The molecule has 0 saturated carbocycles. The summed E-state index contributed by atoms with van der Waals surface area (Å²) in [6.07, 6.45) is 0. The van der Waals surface area contributed by atoms with E-state index in [-0.39, 0.29) is 6.04 Å². The maximum Gasteiger partial charge on any atom is 0.0931 e. The maximum atomic E-state index is 6.05. The minimum Gasteiger partial charge on any atom is -0.319 e. The van der Waals surface area contributed by atoms with E-state index in [1.54, 1.807) is 0 Å². The topological polar surface area (TPSA) is 26.0 Å². The standard InChI is InChI=1S/C9H7Cl2NS2/c10-7-3-1-5(13-7)9(12)6-2-4-8(11)14-6/h1-4,9H,12H2. The van der Waals surface area contributed by atoms with Gasteiger partial charge < -0.3 is 5.73 Å². The van der Waals surface area contributed by atoms with Gasteiger partial charge in [-0.15, -0.1) is 22.7 Å². The van der Waals surface area contributed by atoms with Crippen LogP contribution in [-0.4, -0.2) is 0 Å². The lowest BCUT2D eigenvalue weighted by Crippen LogP contribution is -2.07. The average molecular weight is 264 g/mol. The Morgan fingerprint density at radius 1 is 0.929 bits per heavy atom. The SMILES string of the molecule is NC(c1ccc(Cl)s1)c1ccc(Cl)s1. The third-order valence-electron chi connectivity index (χ3n) is 1.80. The number of thiophene rings is 2. The minimum absolute atomic E-state index is 0.106. The second-order valence-electron chi connectivity index (χ2n) is 2.76. The van der Waals surface area contributed by atoms with Crippen molar-refractivity contribution in [2.45, 2.75) is 6.04 Å². The Morgan fingerprint density at radius 3 is 1.64 bits per heavy atom. The van der Waals surface area contributed by atoms with E-state index in [0.717, 1.165) is 18.4 Å². The molecule has 0 aliphatic rings. The van der Waals surface area contributed by atoms with Gasteiger partial charge in [-0.05, 0) is 24.3 Å². The molecule has 2 aromatic heterocycles. The number of hydrogen-bond acceptors (Lipinski definition) is 3. The van der Waals surface area contributed by atoms with Gasteiger partial charge in [-0.3, -0.25) is 0 Å². The molecule has 0 bridgehead atoms. The summed E-state index contributed by atoms with van der Waals surface area (Å²) in [6.45, 7) is 0. The summed E-state index contributed by atoms with van der Waals surface area (Å²) in [4.78, 5) is 2.13. The van der Waals surface area contributed by atoms with Gasteiger partial charge in [-0.2, -0.15) is 0 Å². The molecule has 0 aliphatic carbocycles. The Labute approximate surface area is 100 Å². The van der Waals surface area contributed by atoms with Crippen molar-refractivity contribution in [3.63, 3.8) is 0 Å². The van der Waals surface area contributed by atoms with Gasteiger partial charge in [0.1, 0.15) is 0 Å². The van der Waals surface area contributed by atoms with Crippen LogP contribution in [0.4, 0.5) is 0 Å². The fraction of sp³-hybridized carbons (Fsp3) is 0.111. The summed E-state index contributed by atoms with van der Waals surface area (Å²) < 4.78 is 1.52. The van der Waals surface area contributed by atoms with E-state index in [4.69, 9.17) is 28.9 Å². The summed E-state index contributed by atoms with van der Waals surface area (Å²) >= 11 is 14.7. The van der Waals surface area contributed by atoms with Crippen molar-refractivity contribution in [2.75, 3.05) is 0 Å². The quantitative estimate of drug-likeness (QED) is 0.865. The summed E-state index contributed by atoms with van der Waals surface area (Å²) in [5.41, 5.74) is 6.05. The molecule has 2 aromatic rings. The van der Waals surface area contributed by atoms with Crippen molar-refractivity contribution in [1.82, 2.24) is 0 Å². The molecule has 2 heterocycles. The van der Waals surface area contributed by atoms with Gasteiger partial charge in [-0.1, -0.05) is 23.2 Å². The van der Waals surface area contributed by atoms with E-state index >= 15 is 0 Å². The van der Waals surface area contributed by atoms with Crippen LogP contribution in [0.25, 0.3) is 0 Å². The predicted octanol–water partition coefficient (Wildman–Crippen LogP) is 4.16. The van der Waals surface area contributed by atoms with E-state index in [0.29, 0.717) is 0 Å². The van der Waals surface area contributed by atoms with E-state index in [9.17, 15) is 0 Å². The molecule has 14 heavy (non-hydrogen) atoms. The average Bonchev–Trinajstić information content (AvgIpc) is 2.73. The van der Waals surface area contributed by atoms with E-state index in [1.165, 1.54) is 22.7 Å². The zero-order valence-electron chi connectivity index (χ0n) is 7.04. The van der Waals surface area contributed by atoms with Crippen LogP contribution >= 0.6 is 45.9 Å². The molecule has 74 valence electrons. The van der Waals surface area contributed by atoms with Crippen molar-refractivity contribution in [2.24, 2.45) is 5.73 Å². The highest BCUT2D eigenvalue weighted by Gasteiger charge is 2.13. The highest BCUT2D eigenvalue weighted by Crippen LogP contribution is 2.33. The molecule has 0 spiro atoms. The lowest BCUT2D eigenvalue weighted by molar-refractivity contribution is 0.917. The van der Waals surface area contributed by atoms with Gasteiger partial charge in [0.15, 0.2) is 0 Å². The highest BCUT2D eigenvalue weighted by molar-refractivity contribution is 7.17. The Bertz CT molecular complexity index is 395. The van der Waals surface area contributed by atoms with Crippen LogP contribution in [0.15, 0.2) is 24.3 Å². The molecule has 5 heteroatoms. The molecule has 0 fully saturated rings. The minimum atomic E-state index is -0.106. The molecule has 2 N–H and O–H groups in total. The van der Waals surface area contributed by atoms with Crippen LogP contribution in [0.2, 0.25) is 8.67 Å². The number of halogens is 2. The lowest BCUT2D eigenvalue weighted by atomic mass is 10.2. The first-order valence-electron chi connectivity index (χ1n) is 3.93. The molecule has 0 atom stereocenters. The Kier molecular flexibility index (Phi) is 3.14. The number of nitrogens with two attached hydrogens (primary N) is 1. The van der Waals surface area contributed by atoms with Crippen LogP contribution < -0.4 is 5.73 Å². The van der Waals surface area contributed by atoms with Gasteiger partial charge >= 0.3 is 0 Å². The summed E-state index contributed by atoms with van der Waals surface area (Å²) in [7, 11) is 0. The Morgan fingerprint density at radius 2 is 1.36 bits per heavy atom. The molecule has 0 aliphatic heterocycles. The summed E-state index contributed by atoms with van der Waals surface area (Å²) in [5, 5.41) is 0. The monoisotopic (exact) mass is 263 g/mol. The number of hydrogen-bond donors (Lipinski definition) is 1. The molecule has 2 rings (SSSR count). The van der Waals surface area contributed by atoms with Crippen molar-refractivity contribution in [1.29, 1.82) is 0 Å². The maximum absolute atomic E-state index is 6.05. The van der Waals surface area contributed by atoms with Crippen LogP contribution in [0.3, 0.4) is 0 Å². The lowest BCUT2D eigenvalue weighted by Gasteiger charge is -2.05. The largest absolute Gasteiger partial charge is 0.319 e. The van der Waals surface area contributed by atoms with Crippen LogP contribution in [-0.2, 0) is 0 Å². The molecule has 0 unspecified atom stereocenters. The molecule has 0 radical (unpaired) electrons.